The van der Waals surface area contributed by atoms with Crippen molar-refractivity contribution in [1.29, 1.82) is 0 Å². The van der Waals surface area contributed by atoms with Crippen LogP contribution in [0.15, 0.2) is 0 Å². The second-order valence-electron chi connectivity index (χ2n) is 2.15. The SMILES string of the molecule is C#CCCNC(=O)COCCN. The second kappa shape index (κ2) is 8.05. The predicted molar refractivity (Wildman–Crippen MR) is 46.3 cm³/mol. The minimum Gasteiger partial charge on any atom is -0.370 e. The van der Waals surface area contributed by atoms with Crippen LogP contribution < -0.4 is 11.1 Å². The molecule has 0 spiro atoms. The Morgan fingerprint density at radius 1 is 1.67 bits per heavy atom. The molecule has 0 rings (SSSR count). The van der Waals surface area contributed by atoms with E-state index in [9.17, 15) is 4.79 Å². The molecule has 12 heavy (non-hydrogen) atoms. The molecule has 4 nitrogen and oxygen atoms in total. The number of amides is 1. The fraction of sp³-hybridized carbons (Fsp3) is 0.625. The highest BCUT2D eigenvalue weighted by Crippen LogP contribution is 1.75. The van der Waals surface area contributed by atoms with Crippen LogP contribution >= 0.6 is 0 Å². The molecule has 68 valence electrons. The highest BCUT2D eigenvalue weighted by Gasteiger charge is 1.97. The quantitative estimate of drug-likeness (QED) is 0.401. The Morgan fingerprint density at radius 3 is 3.00 bits per heavy atom. The van der Waals surface area contributed by atoms with Gasteiger partial charge in [-0.3, -0.25) is 4.79 Å². The molecule has 0 bridgehead atoms. The van der Waals surface area contributed by atoms with Crippen LogP contribution in [0.5, 0.6) is 0 Å². The number of nitrogens with one attached hydrogen (secondary N) is 1. The van der Waals surface area contributed by atoms with E-state index in [1.165, 1.54) is 0 Å². The van der Waals surface area contributed by atoms with Crippen LogP contribution in [0.25, 0.3) is 0 Å². The fourth-order valence-corrected chi connectivity index (χ4v) is 0.573. The average molecular weight is 170 g/mol. The van der Waals surface area contributed by atoms with Crippen LogP contribution in [-0.2, 0) is 9.53 Å². The van der Waals surface area contributed by atoms with Gasteiger partial charge in [-0.05, 0) is 0 Å². The number of carbonyl (C=O) groups excluding carboxylic acids is 1. The Bertz CT molecular complexity index is 163. The normalized spacial score (nSPS) is 9.00. The van der Waals surface area contributed by atoms with Crippen LogP contribution in [0.2, 0.25) is 0 Å². The summed E-state index contributed by atoms with van der Waals surface area (Å²) in [6.45, 7) is 1.39. The number of hydrogen-bond donors (Lipinski definition) is 2. The van der Waals surface area contributed by atoms with E-state index in [0.29, 0.717) is 26.1 Å². The first-order valence-corrected chi connectivity index (χ1v) is 3.79. The minimum atomic E-state index is -0.154. The molecule has 0 unspecified atom stereocenters. The van der Waals surface area contributed by atoms with Gasteiger partial charge in [0.05, 0.1) is 6.61 Å². The molecule has 0 aliphatic carbocycles. The lowest BCUT2D eigenvalue weighted by Gasteiger charge is -2.02. The van der Waals surface area contributed by atoms with Gasteiger partial charge in [0.15, 0.2) is 0 Å². The summed E-state index contributed by atoms with van der Waals surface area (Å²) >= 11 is 0. The molecular formula is C8H14N2O2. The van der Waals surface area contributed by atoms with Crippen molar-refractivity contribution in [1.82, 2.24) is 5.32 Å². The van der Waals surface area contributed by atoms with Crippen LogP contribution in [0.1, 0.15) is 6.42 Å². The van der Waals surface area contributed by atoms with E-state index in [-0.39, 0.29) is 12.5 Å². The van der Waals surface area contributed by atoms with Gasteiger partial charge in [0.25, 0.3) is 0 Å². The highest BCUT2D eigenvalue weighted by molar-refractivity contribution is 5.77. The van der Waals surface area contributed by atoms with Crippen molar-refractivity contribution < 1.29 is 9.53 Å². The second-order valence-corrected chi connectivity index (χ2v) is 2.15. The summed E-state index contributed by atoms with van der Waals surface area (Å²) in [4.78, 5) is 10.8. The Hall–Kier alpha value is -1.05. The molecule has 0 atom stereocenters. The van der Waals surface area contributed by atoms with Crippen molar-refractivity contribution in [3.63, 3.8) is 0 Å². The third-order valence-electron chi connectivity index (χ3n) is 1.09. The molecule has 0 saturated heterocycles. The zero-order valence-electron chi connectivity index (χ0n) is 7.01. The third-order valence-corrected chi connectivity index (χ3v) is 1.09. The monoisotopic (exact) mass is 170 g/mol. The number of ether oxygens (including phenoxy) is 1. The van der Waals surface area contributed by atoms with Crippen LogP contribution in [0, 0.1) is 12.3 Å². The zero-order valence-corrected chi connectivity index (χ0v) is 7.01. The van der Waals surface area contributed by atoms with Gasteiger partial charge in [0, 0.05) is 19.5 Å². The minimum absolute atomic E-state index is 0.0573. The fourth-order valence-electron chi connectivity index (χ4n) is 0.573. The van der Waals surface area contributed by atoms with Crippen molar-refractivity contribution in [3.05, 3.63) is 0 Å². The van der Waals surface area contributed by atoms with Crippen molar-refractivity contribution in [2.75, 3.05) is 26.3 Å². The maximum absolute atomic E-state index is 10.8. The molecule has 1 amide bonds. The smallest absolute Gasteiger partial charge is 0.246 e. The molecule has 0 aromatic carbocycles. The van der Waals surface area contributed by atoms with Gasteiger partial charge in [-0.15, -0.1) is 12.3 Å². The molecule has 3 N–H and O–H groups in total. The lowest BCUT2D eigenvalue weighted by molar-refractivity contribution is -0.125. The maximum Gasteiger partial charge on any atom is 0.246 e. The van der Waals surface area contributed by atoms with Crippen molar-refractivity contribution in [3.8, 4) is 12.3 Å². The first kappa shape index (κ1) is 11.0. The third kappa shape index (κ3) is 7.06. The lowest BCUT2D eigenvalue weighted by atomic mass is 10.4. The molecular weight excluding hydrogens is 156 g/mol. The number of carbonyl (C=O) groups is 1. The van der Waals surface area contributed by atoms with Gasteiger partial charge in [-0.1, -0.05) is 0 Å². The van der Waals surface area contributed by atoms with E-state index in [4.69, 9.17) is 16.9 Å². The van der Waals surface area contributed by atoms with Crippen molar-refractivity contribution in [2.24, 2.45) is 5.73 Å². The summed E-state index contributed by atoms with van der Waals surface area (Å²) in [5.41, 5.74) is 5.15. The Morgan fingerprint density at radius 2 is 2.42 bits per heavy atom. The van der Waals surface area contributed by atoms with Gasteiger partial charge in [0.2, 0.25) is 5.91 Å². The van der Waals surface area contributed by atoms with Gasteiger partial charge in [-0.2, -0.15) is 0 Å². The summed E-state index contributed by atoms with van der Waals surface area (Å²) in [6, 6.07) is 0. The lowest BCUT2D eigenvalue weighted by Crippen LogP contribution is -2.29. The Balaban J connectivity index is 3.17. The standard InChI is InChI=1S/C8H14N2O2/c1-2-3-5-10-8(11)7-12-6-4-9/h1H,3-7,9H2,(H,10,11). The Labute approximate surface area is 72.5 Å². The first-order chi connectivity index (χ1) is 5.81. The van der Waals surface area contributed by atoms with E-state index in [0.717, 1.165) is 0 Å². The van der Waals surface area contributed by atoms with E-state index in [1.807, 2.05) is 0 Å². The molecule has 0 heterocycles. The van der Waals surface area contributed by atoms with Gasteiger partial charge >= 0.3 is 0 Å². The summed E-state index contributed by atoms with van der Waals surface area (Å²) in [5, 5.41) is 2.60. The largest absolute Gasteiger partial charge is 0.370 e. The number of nitrogens with two attached hydrogens (primary N) is 1. The number of hydrogen-bond acceptors (Lipinski definition) is 3. The van der Waals surface area contributed by atoms with Crippen LogP contribution in [-0.4, -0.2) is 32.2 Å². The molecule has 0 aromatic rings. The summed E-state index contributed by atoms with van der Waals surface area (Å²) in [7, 11) is 0. The topological polar surface area (TPSA) is 64.3 Å². The van der Waals surface area contributed by atoms with E-state index in [2.05, 4.69) is 11.2 Å². The predicted octanol–water partition coefficient (Wildman–Crippen LogP) is -0.899. The molecule has 4 heteroatoms. The molecule has 0 aliphatic rings. The summed E-state index contributed by atoms with van der Waals surface area (Å²) in [6.07, 6.45) is 5.53. The molecule has 0 radical (unpaired) electrons. The summed E-state index contributed by atoms with van der Waals surface area (Å²) in [5.74, 6) is 2.26. The van der Waals surface area contributed by atoms with Crippen molar-refractivity contribution in [2.45, 2.75) is 6.42 Å². The molecule has 0 aromatic heterocycles. The van der Waals surface area contributed by atoms with Crippen LogP contribution in [0.3, 0.4) is 0 Å². The Kier molecular flexibility index (Phi) is 7.35. The van der Waals surface area contributed by atoms with Gasteiger partial charge in [-0.25, -0.2) is 0 Å². The first-order valence-electron chi connectivity index (χ1n) is 3.79. The average Bonchev–Trinajstić information content (AvgIpc) is 2.06. The molecule has 0 aliphatic heterocycles. The number of rotatable bonds is 6. The molecule has 0 fully saturated rings. The van der Waals surface area contributed by atoms with Gasteiger partial charge < -0.3 is 15.8 Å². The summed E-state index contributed by atoms with van der Waals surface area (Å²) < 4.78 is 4.89. The highest BCUT2D eigenvalue weighted by atomic mass is 16.5. The van der Waals surface area contributed by atoms with Crippen LogP contribution in [0.4, 0.5) is 0 Å². The van der Waals surface area contributed by atoms with Gasteiger partial charge in [0.1, 0.15) is 6.61 Å². The van der Waals surface area contributed by atoms with E-state index in [1.54, 1.807) is 0 Å². The zero-order chi connectivity index (χ0) is 9.23. The number of terminal acetylenes is 1. The maximum atomic E-state index is 10.8. The van der Waals surface area contributed by atoms with E-state index >= 15 is 0 Å². The molecule has 0 saturated carbocycles. The van der Waals surface area contributed by atoms with Crippen molar-refractivity contribution >= 4 is 5.91 Å². The van der Waals surface area contributed by atoms with E-state index < -0.39 is 0 Å².